The van der Waals surface area contributed by atoms with Crippen molar-refractivity contribution in [3.8, 4) is 0 Å². The van der Waals surface area contributed by atoms with E-state index in [0.717, 1.165) is 0 Å². The summed E-state index contributed by atoms with van der Waals surface area (Å²) in [6.45, 7) is 10.4. The molecule has 0 radical (unpaired) electrons. The molecule has 2 aliphatic rings. The molecular formula is C29H33Cl2FN2O5. The van der Waals surface area contributed by atoms with Crippen molar-refractivity contribution in [2.75, 3.05) is 11.9 Å². The normalized spacial score (nSPS) is 24.4. The van der Waals surface area contributed by atoms with E-state index in [2.05, 4.69) is 10.6 Å². The van der Waals surface area contributed by atoms with Crippen molar-refractivity contribution in [1.82, 2.24) is 5.32 Å². The highest BCUT2D eigenvalue weighted by atomic mass is 35.5. The number of hydrogen-bond donors (Lipinski definition) is 2. The molecule has 2 heterocycles. The summed E-state index contributed by atoms with van der Waals surface area (Å²) in [7, 11) is 0. The van der Waals surface area contributed by atoms with Gasteiger partial charge < -0.3 is 14.8 Å². The summed E-state index contributed by atoms with van der Waals surface area (Å²) in [6.07, 6.45) is 0.299. The largest absolute Gasteiger partial charge is 0.465 e. The quantitative estimate of drug-likeness (QED) is 0.423. The Bertz CT molecular complexity index is 1330. The molecule has 1 amide bonds. The molecule has 0 bridgehead atoms. The summed E-state index contributed by atoms with van der Waals surface area (Å²) in [4.78, 5) is 39.5. The summed E-state index contributed by atoms with van der Waals surface area (Å²) >= 11 is 12.5. The lowest BCUT2D eigenvalue weighted by Gasteiger charge is -2.38. The van der Waals surface area contributed by atoms with E-state index in [4.69, 9.17) is 32.7 Å². The Morgan fingerprint density at radius 2 is 1.79 bits per heavy atom. The van der Waals surface area contributed by atoms with Crippen LogP contribution in [0.4, 0.5) is 10.1 Å². The fourth-order valence-electron chi connectivity index (χ4n) is 5.79. The van der Waals surface area contributed by atoms with Gasteiger partial charge in [0.05, 0.1) is 11.6 Å². The van der Waals surface area contributed by atoms with Crippen LogP contribution in [0.3, 0.4) is 0 Å². The Hall–Kier alpha value is -2.68. The Balaban J connectivity index is 1.96. The molecule has 0 aliphatic carbocycles. The zero-order valence-corrected chi connectivity index (χ0v) is 24.3. The number of carbonyl (C=O) groups is 3. The molecule has 4 atom stereocenters. The van der Waals surface area contributed by atoms with Gasteiger partial charge in [-0.15, -0.1) is 0 Å². The average Bonchev–Trinajstić information content (AvgIpc) is 3.28. The summed E-state index contributed by atoms with van der Waals surface area (Å²) in [5.74, 6) is -3.20. The van der Waals surface area contributed by atoms with Gasteiger partial charge in [-0.3, -0.25) is 19.7 Å². The zero-order chi connectivity index (χ0) is 28.9. The van der Waals surface area contributed by atoms with Gasteiger partial charge in [0.2, 0.25) is 5.91 Å². The van der Waals surface area contributed by atoms with E-state index in [0.29, 0.717) is 22.7 Å². The van der Waals surface area contributed by atoms with Crippen LogP contribution >= 0.6 is 23.2 Å². The van der Waals surface area contributed by atoms with Gasteiger partial charge in [0, 0.05) is 35.0 Å². The summed E-state index contributed by atoms with van der Waals surface area (Å²) in [6, 6.07) is 7.79. The first kappa shape index (κ1) is 29.3. The minimum absolute atomic E-state index is 0.0823. The third kappa shape index (κ3) is 5.52. The van der Waals surface area contributed by atoms with Crippen LogP contribution in [-0.4, -0.2) is 42.1 Å². The van der Waals surface area contributed by atoms with Crippen LogP contribution in [0.15, 0.2) is 36.4 Å². The van der Waals surface area contributed by atoms with Crippen LogP contribution in [0, 0.1) is 11.2 Å². The van der Waals surface area contributed by atoms with Crippen LogP contribution < -0.4 is 10.6 Å². The minimum atomic E-state index is -1.44. The van der Waals surface area contributed by atoms with Gasteiger partial charge in [-0.2, -0.15) is 0 Å². The molecule has 2 aromatic carbocycles. The molecule has 2 unspecified atom stereocenters. The molecule has 4 rings (SSSR count). The maximum absolute atomic E-state index is 15.8. The van der Waals surface area contributed by atoms with E-state index in [9.17, 15) is 14.4 Å². The number of hydrogen-bond acceptors (Lipinski definition) is 6. The monoisotopic (exact) mass is 578 g/mol. The van der Waals surface area contributed by atoms with Crippen molar-refractivity contribution in [3.05, 3.63) is 63.4 Å². The van der Waals surface area contributed by atoms with Gasteiger partial charge in [-0.05, 0) is 56.5 Å². The van der Waals surface area contributed by atoms with Gasteiger partial charge in [-0.1, -0.05) is 55.2 Å². The van der Waals surface area contributed by atoms with Crippen molar-refractivity contribution in [3.63, 3.8) is 0 Å². The third-order valence-corrected chi connectivity index (χ3v) is 7.73. The average molecular weight is 579 g/mol. The second-order valence-corrected chi connectivity index (χ2v) is 12.9. The lowest BCUT2D eigenvalue weighted by atomic mass is 9.62. The Morgan fingerprint density at radius 3 is 2.44 bits per heavy atom. The Kier molecular flexibility index (Phi) is 7.80. The predicted molar refractivity (Wildman–Crippen MR) is 147 cm³/mol. The number of amides is 1. The number of ether oxygens (including phenoxy) is 2. The van der Waals surface area contributed by atoms with Crippen LogP contribution in [0.25, 0.3) is 0 Å². The molecule has 1 saturated heterocycles. The van der Waals surface area contributed by atoms with Crippen LogP contribution in [-0.2, 0) is 29.3 Å². The van der Waals surface area contributed by atoms with E-state index in [1.54, 1.807) is 51.1 Å². The highest BCUT2D eigenvalue weighted by Crippen LogP contribution is 2.57. The number of benzene rings is 2. The molecule has 0 aromatic heterocycles. The molecule has 0 saturated carbocycles. The molecule has 2 N–H and O–H groups in total. The van der Waals surface area contributed by atoms with Gasteiger partial charge in [0.25, 0.3) is 0 Å². The number of esters is 2. The minimum Gasteiger partial charge on any atom is -0.465 e. The first-order chi connectivity index (χ1) is 18.1. The van der Waals surface area contributed by atoms with Crippen molar-refractivity contribution >= 4 is 46.7 Å². The molecule has 2 aliphatic heterocycles. The van der Waals surface area contributed by atoms with Gasteiger partial charge in [0.15, 0.2) is 0 Å². The standard InChI is InChI=1S/C29H33Cl2FN2O5/c1-15(35)38-14-28(5,6)13-21-29(18-11-10-16(30)12-20(18)33-26(29)37)22(17-8-7-9-19(31)23(17)32)24(34-21)25(36)39-27(2,3)4/h7-12,21-22,24,34H,13-14H2,1-6H3,(H,33,37)/t21-,22+,24?,29?/m0/s1. The molecule has 7 nitrogen and oxygen atoms in total. The summed E-state index contributed by atoms with van der Waals surface area (Å²) in [5, 5.41) is 6.56. The molecule has 1 fully saturated rings. The lowest BCUT2D eigenvalue weighted by Crippen LogP contribution is -2.50. The maximum Gasteiger partial charge on any atom is 0.324 e. The molecule has 2 aromatic rings. The van der Waals surface area contributed by atoms with Crippen molar-refractivity contribution in [1.29, 1.82) is 0 Å². The first-order valence-electron chi connectivity index (χ1n) is 12.7. The van der Waals surface area contributed by atoms with Crippen LogP contribution in [0.5, 0.6) is 0 Å². The van der Waals surface area contributed by atoms with Crippen molar-refractivity contribution in [2.24, 2.45) is 5.41 Å². The molecule has 39 heavy (non-hydrogen) atoms. The number of halogens is 3. The number of anilines is 1. The topological polar surface area (TPSA) is 93.7 Å². The van der Waals surface area contributed by atoms with Crippen LogP contribution in [0.1, 0.15) is 65.0 Å². The number of nitrogens with one attached hydrogen (secondary N) is 2. The first-order valence-corrected chi connectivity index (χ1v) is 13.5. The Morgan fingerprint density at radius 1 is 1.10 bits per heavy atom. The van der Waals surface area contributed by atoms with Crippen molar-refractivity contribution in [2.45, 2.75) is 77.0 Å². The number of carbonyl (C=O) groups excluding carboxylic acids is 3. The van der Waals surface area contributed by atoms with E-state index >= 15 is 4.39 Å². The van der Waals surface area contributed by atoms with E-state index < -0.39 is 58.1 Å². The Labute approximate surface area is 237 Å². The highest BCUT2D eigenvalue weighted by Gasteiger charge is 2.67. The second kappa shape index (κ2) is 10.4. The zero-order valence-electron chi connectivity index (χ0n) is 22.8. The van der Waals surface area contributed by atoms with E-state index in [1.807, 2.05) is 13.8 Å². The summed E-state index contributed by atoms with van der Waals surface area (Å²) < 4.78 is 26.9. The van der Waals surface area contributed by atoms with E-state index in [-0.39, 0.29) is 17.2 Å². The van der Waals surface area contributed by atoms with Crippen LogP contribution in [0.2, 0.25) is 10.0 Å². The maximum atomic E-state index is 15.8. The lowest BCUT2D eigenvalue weighted by molar-refractivity contribution is -0.157. The number of rotatable bonds is 6. The third-order valence-electron chi connectivity index (χ3n) is 7.21. The smallest absolute Gasteiger partial charge is 0.324 e. The SMILES string of the molecule is CC(=O)OCC(C)(C)C[C@@H]1NC(C(=O)OC(C)(C)C)[C@@H](c2cccc(Cl)c2F)C12C(=O)Nc1cc(Cl)ccc12. The molecule has 210 valence electrons. The fraction of sp³-hybridized carbons (Fsp3) is 0.483. The molecule has 1 spiro atoms. The van der Waals surface area contributed by atoms with Gasteiger partial charge >= 0.3 is 11.9 Å². The predicted octanol–water partition coefficient (Wildman–Crippen LogP) is 5.77. The van der Waals surface area contributed by atoms with Gasteiger partial charge in [-0.25, -0.2) is 4.39 Å². The van der Waals surface area contributed by atoms with Gasteiger partial charge in [0.1, 0.15) is 22.9 Å². The second-order valence-electron chi connectivity index (χ2n) is 12.0. The molecular weight excluding hydrogens is 546 g/mol. The molecule has 10 heteroatoms. The fourth-order valence-corrected chi connectivity index (χ4v) is 6.14. The highest BCUT2D eigenvalue weighted by molar-refractivity contribution is 6.31. The van der Waals surface area contributed by atoms with Crippen molar-refractivity contribution < 1.29 is 28.2 Å². The number of fused-ring (bicyclic) bond motifs is 2. The van der Waals surface area contributed by atoms with E-state index in [1.165, 1.54) is 13.0 Å². The summed E-state index contributed by atoms with van der Waals surface area (Å²) in [5.41, 5.74) is -1.72.